The van der Waals surface area contributed by atoms with Crippen LogP contribution in [-0.4, -0.2) is 14.5 Å². The van der Waals surface area contributed by atoms with Crippen LogP contribution in [0, 0.1) is 12.7 Å². The summed E-state index contributed by atoms with van der Waals surface area (Å²) in [5, 5.41) is 0. The van der Waals surface area contributed by atoms with E-state index in [9.17, 15) is 12.8 Å². The molecule has 3 N–H and O–H groups in total. The van der Waals surface area contributed by atoms with Gasteiger partial charge in [0.2, 0.25) is 10.0 Å². The summed E-state index contributed by atoms with van der Waals surface area (Å²) in [7, 11) is -3.73. The van der Waals surface area contributed by atoms with Crippen LogP contribution in [0.2, 0.25) is 0 Å². The molecule has 104 valence electrons. The Hall–Kier alpha value is -1.40. The highest BCUT2D eigenvalue weighted by Gasteiger charge is 2.22. The van der Waals surface area contributed by atoms with Gasteiger partial charge in [0.15, 0.2) is 0 Å². The summed E-state index contributed by atoms with van der Waals surface area (Å²) in [5.74, 6) is -0.607. The van der Waals surface area contributed by atoms with Gasteiger partial charge in [-0.05, 0) is 38.3 Å². The number of halogens is 1. The molecule has 0 bridgehead atoms. The largest absolute Gasteiger partial charge is 0.398 e. The number of anilines is 1. The van der Waals surface area contributed by atoms with Crippen molar-refractivity contribution in [2.24, 2.45) is 0 Å². The normalized spacial score (nSPS) is 19.6. The van der Waals surface area contributed by atoms with Crippen molar-refractivity contribution >= 4 is 15.7 Å². The van der Waals surface area contributed by atoms with E-state index in [0.29, 0.717) is 6.42 Å². The van der Waals surface area contributed by atoms with Crippen molar-refractivity contribution in [2.45, 2.75) is 37.1 Å². The average Bonchev–Trinajstić information content (AvgIpc) is 2.36. The van der Waals surface area contributed by atoms with Gasteiger partial charge in [-0.3, -0.25) is 0 Å². The van der Waals surface area contributed by atoms with Gasteiger partial charge in [-0.15, -0.1) is 0 Å². The van der Waals surface area contributed by atoms with E-state index in [1.165, 1.54) is 13.0 Å². The lowest BCUT2D eigenvalue weighted by Crippen LogP contribution is -2.35. The van der Waals surface area contributed by atoms with Crippen molar-refractivity contribution in [2.75, 3.05) is 5.73 Å². The van der Waals surface area contributed by atoms with Crippen LogP contribution in [-0.2, 0) is 10.0 Å². The van der Waals surface area contributed by atoms with Gasteiger partial charge in [-0.25, -0.2) is 17.5 Å². The lowest BCUT2D eigenvalue weighted by atomic mass is 10.0. The summed E-state index contributed by atoms with van der Waals surface area (Å²) < 4.78 is 40.5. The predicted octanol–water partition coefficient (Wildman–Crippen LogP) is 2.10. The first-order valence-corrected chi connectivity index (χ1v) is 7.61. The second-order valence-electron chi connectivity index (χ2n) is 4.72. The minimum absolute atomic E-state index is 0.123. The highest BCUT2D eigenvalue weighted by molar-refractivity contribution is 7.89. The van der Waals surface area contributed by atoms with E-state index in [2.05, 4.69) is 4.72 Å². The molecule has 0 amide bonds. The standard InChI is InChI=1S/C13H17FN2O2S/c1-9-12(14)7-11(8-13(9)15)19(17,18)16-10-5-3-2-4-6-10/h2-3,7-8,10,16H,4-6,15H2,1H3. The molecule has 0 heterocycles. The number of nitrogen functional groups attached to an aromatic ring is 1. The smallest absolute Gasteiger partial charge is 0.241 e. The molecule has 19 heavy (non-hydrogen) atoms. The van der Waals surface area contributed by atoms with Gasteiger partial charge >= 0.3 is 0 Å². The fourth-order valence-electron chi connectivity index (χ4n) is 2.02. The molecule has 0 fully saturated rings. The third-order valence-electron chi connectivity index (χ3n) is 3.26. The van der Waals surface area contributed by atoms with E-state index in [1.807, 2.05) is 12.2 Å². The van der Waals surface area contributed by atoms with E-state index >= 15 is 0 Å². The van der Waals surface area contributed by atoms with Crippen LogP contribution < -0.4 is 10.5 Å². The van der Waals surface area contributed by atoms with Crippen LogP contribution >= 0.6 is 0 Å². The number of benzene rings is 1. The highest BCUT2D eigenvalue weighted by atomic mass is 32.2. The summed E-state index contributed by atoms with van der Waals surface area (Å²) >= 11 is 0. The molecule has 0 radical (unpaired) electrons. The van der Waals surface area contributed by atoms with E-state index in [4.69, 9.17) is 5.73 Å². The summed E-state index contributed by atoms with van der Waals surface area (Å²) in [5.41, 5.74) is 6.01. The summed E-state index contributed by atoms with van der Waals surface area (Å²) in [6, 6.07) is 2.16. The number of hydrogen-bond donors (Lipinski definition) is 2. The van der Waals surface area contributed by atoms with E-state index in [0.717, 1.165) is 18.9 Å². The first-order valence-electron chi connectivity index (χ1n) is 6.13. The Bertz CT molecular complexity index is 588. The van der Waals surface area contributed by atoms with Crippen molar-refractivity contribution in [1.82, 2.24) is 4.72 Å². The molecule has 6 heteroatoms. The molecule has 1 aliphatic rings. The van der Waals surface area contributed by atoms with E-state index in [-0.39, 0.29) is 22.2 Å². The molecule has 0 aliphatic heterocycles. The molecule has 1 unspecified atom stereocenters. The first-order chi connectivity index (χ1) is 8.90. The SMILES string of the molecule is Cc1c(N)cc(S(=O)(=O)NC2CC=CCC2)cc1F. The molecule has 1 atom stereocenters. The molecule has 2 rings (SSSR count). The summed E-state index contributed by atoms with van der Waals surface area (Å²) in [6.07, 6.45) is 6.22. The number of hydrogen-bond acceptors (Lipinski definition) is 3. The molecule has 0 saturated heterocycles. The van der Waals surface area contributed by atoms with Crippen LogP contribution in [0.1, 0.15) is 24.8 Å². The third-order valence-corrected chi connectivity index (χ3v) is 4.76. The van der Waals surface area contributed by atoms with Crippen LogP contribution in [0.15, 0.2) is 29.2 Å². The van der Waals surface area contributed by atoms with Gasteiger partial charge in [0.05, 0.1) is 4.90 Å². The molecule has 1 aromatic carbocycles. The van der Waals surface area contributed by atoms with E-state index in [1.54, 1.807) is 0 Å². The van der Waals surface area contributed by atoms with Crippen molar-refractivity contribution in [3.63, 3.8) is 0 Å². The van der Waals surface area contributed by atoms with Gasteiger partial charge in [0, 0.05) is 17.3 Å². The fraction of sp³-hybridized carbons (Fsp3) is 0.385. The minimum Gasteiger partial charge on any atom is -0.398 e. The number of sulfonamides is 1. The van der Waals surface area contributed by atoms with Crippen LogP contribution in [0.4, 0.5) is 10.1 Å². The van der Waals surface area contributed by atoms with Gasteiger partial charge < -0.3 is 5.73 Å². The Labute approximate surface area is 112 Å². The Balaban J connectivity index is 2.26. The molecular formula is C13H17FN2O2S. The molecule has 0 spiro atoms. The summed E-state index contributed by atoms with van der Waals surface area (Å²) in [4.78, 5) is -0.123. The Morgan fingerprint density at radius 3 is 2.68 bits per heavy atom. The fourth-order valence-corrected chi connectivity index (χ4v) is 3.35. The van der Waals surface area contributed by atoms with Gasteiger partial charge in [0.1, 0.15) is 5.82 Å². The number of allylic oxidation sites excluding steroid dienone is 1. The third kappa shape index (κ3) is 3.13. The lowest BCUT2D eigenvalue weighted by molar-refractivity contribution is 0.521. The molecule has 0 aromatic heterocycles. The van der Waals surface area contributed by atoms with Gasteiger partial charge in [0.25, 0.3) is 0 Å². The molecule has 1 aromatic rings. The van der Waals surface area contributed by atoms with Crippen molar-refractivity contribution in [3.05, 3.63) is 35.7 Å². The minimum atomic E-state index is -3.73. The maximum Gasteiger partial charge on any atom is 0.241 e. The van der Waals surface area contributed by atoms with E-state index < -0.39 is 15.8 Å². The molecular weight excluding hydrogens is 267 g/mol. The zero-order valence-electron chi connectivity index (χ0n) is 10.7. The second-order valence-corrected chi connectivity index (χ2v) is 6.44. The van der Waals surface area contributed by atoms with Crippen molar-refractivity contribution in [1.29, 1.82) is 0 Å². The first kappa shape index (κ1) is 14.0. The zero-order chi connectivity index (χ0) is 14.0. The van der Waals surface area contributed by atoms with Crippen LogP contribution in [0.5, 0.6) is 0 Å². The number of rotatable bonds is 3. The highest BCUT2D eigenvalue weighted by Crippen LogP contribution is 2.22. The molecule has 0 saturated carbocycles. The lowest BCUT2D eigenvalue weighted by Gasteiger charge is -2.19. The Morgan fingerprint density at radius 2 is 2.11 bits per heavy atom. The van der Waals surface area contributed by atoms with Gasteiger partial charge in [-0.1, -0.05) is 12.2 Å². The average molecular weight is 284 g/mol. The quantitative estimate of drug-likeness (QED) is 0.659. The monoisotopic (exact) mass is 284 g/mol. The van der Waals surface area contributed by atoms with Crippen LogP contribution in [0.25, 0.3) is 0 Å². The maximum absolute atomic E-state index is 13.6. The maximum atomic E-state index is 13.6. The Morgan fingerprint density at radius 1 is 1.37 bits per heavy atom. The summed E-state index contributed by atoms with van der Waals surface area (Å²) in [6.45, 7) is 1.51. The van der Waals surface area contributed by atoms with Crippen molar-refractivity contribution in [3.8, 4) is 0 Å². The number of nitrogens with one attached hydrogen (secondary N) is 1. The zero-order valence-corrected chi connectivity index (χ0v) is 11.5. The Kier molecular flexibility index (Phi) is 3.91. The van der Waals surface area contributed by atoms with Crippen molar-refractivity contribution < 1.29 is 12.8 Å². The topological polar surface area (TPSA) is 72.2 Å². The van der Waals surface area contributed by atoms with Gasteiger partial charge in [-0.2, -0.15) is 0 Å². The number of nitrogens with two attached hydrogens (primary N) is 1. The molecule has 4 nitrogen and oxygen atoms in total. The second kappa shape index (κ2) is 5.30. The molecule has 1 aliphatic carbocycles. The van der Waals surface area contributed by atoms with Crippen LogP contribution in [0.3, 0.4) is 0 Å². The predicted molar refractivity (Wildman–Crippen MR) is 72.6 cm³/mol.